The predicted molar refractivity (Wildman–Crippen MR) is 217 cm³/mol. The number of ether oxygens (including phenoxy) is 6. The quantitative estimate of drug-likeness (QED) is 0.151. The number of aliphatic hydroxyl groups is 3. The summed E-state index contributed by atoms with van der Waals surface area (Å²) in [6, 6.07) is 21.6. The van der Waals surface area contributed by atoms with E-state index in [9.17, 15) is 34.5 Å². The highest BCUT2D eigenvalue weighted by Gasteiger charge is 2.78. The Hall–Kier alpha value is -5.45. The van der Waals surface area contributed by atoms with Crippen molar-refractivity contribution in [1.29, 1.82) is 0 Å². The molecule has 15 nitrogen and oxygen atoms in total. The maximum absolute atomic E-state index is 15.5. The van der Waals surface area contributed by atoms with Crippen molar-refractivity contribution in [2.45, 2.75) is 115 Å². The van der Waals surface area contributed by atoms with Gasteiger partial charge in [0, 0.05) is 36.7 Å². The highest BCUT2D eigenvalue weighted by molar-refractivity contribution is 5.96. The zero-order valence-corrected chi connectivity index (χ0v) is 35.2. The number of rotatable bonds is 7. The molecule has 2 aliphatic heterocycles. The molecule has 8 rings (SSSR count). The molecule has 2 bridgehead atoms. The molecule has 0 aromatic heterocycles. The van der Waals surface area contributed by atoms with E-state index < -0.39 is 113 Å². The molecule has 4 N–H and O–H groups in total. The largest absolute Gasteiger partial charge is 0.464 e. The number of benzene rings is 3. The predicted octanol–water partition coefficient (Wildman–Crippen LogP) is 3.93. The number of fused-ring (bicyclic) bond motifs is 4. The lowest BCUT2D eigenvalue weighted by atomic mass is 9.44. The second kappa shape index (κ2) is 15.7. The Bertz CT molecular complexity index is 2310. The van der Waals surface area contributed by atoms with Gasteiger partial charge in [-0.2, -0.15) is 0 Å². The zero-order chi connectivity index (χ0) is 44.5. The van der Waals surface area contributed by atoms with E-state index >= 15 is 4.79 Å². The van der Waals surface area contributed by atoms with Gasteiger partial charge < -0.3 is 49.1 Å². The van der Waals surface area contributed by atoms with Gasteiger partial charge >= 0.3 is 17.9 Å². The van der Waals surface area contributed by atoms with E-state index in [0.717, 1.165) is 6.92 Å². The fraction of sp³-hybridized carbons (Fsp3) is 0.468. The fourth-order valence-electron chi connectivity index (χ4n) is 10.6. The van der Waals surface area contributed by atoms with E-state index in [0.29, 0.717) is 5.56 Å². The highest BCUT2D eigenvalue weighted by Crippen LogP contribution is 2.65. The summed E-state index contributed by atoms with van der Waals surface area (Å²) < 4.78 is 37.5. The van der Waals surface area contributed by atoms with Crippen molar-refractivity contribution in [2.24, 2.45) is 16.7 Å². The molecule has 0 radical (unpaired) electrons. The molecule has 3 fully saturated rings. The van der Waals surface area contributed by atoms with Crippen LogP contribution < -0.4 is 10.1 Å². The summed E-state index contributed by atoms with van der Waals surface area (Å²) in [5, 5.41) is 40.4. The molecule has 1 amide bonds. The van der Waals surface area contributed by atoms with Crippen LogP contribution in [0.25, 0.3) is 0 Å². The summed E-state index contributed by atoms with van der Waals surface area (Å²) in [4.78, 5) is 70.9. The SMILES string of the molecule is CC(=O)O[C@H]1C(=O)[C@@]2(C)C3[C@@H](OC(=O)c4ccccc4OC(C)O[C@]34CO[C@@H]4C[C@@H]2O)[C@]2(O)CC(OC(=O)C(O)C(NC(=O)c3ccccc3)c3ccccc3)C(C)=C1C2(C)C. The van der Waals surface area contributed by atoms with E-state index in [1.165, 1.54) is 13.0 Å². The minimum Gasteiger partial charge on any atom is -0.464 e. The van der Waals surface area contributed by atoms with Crippen LogP contribution >= 0.6 is 0 Å². The number of aliphatic hydroxyl groups excluding tert-OH is 2. The summed E-state index contributed by atoms with van der Waals surface area (Å²) in [5.41, 5.74) is -6.45. The van der Waals surface area contributed by atoms with Gasteiger partial charge in [0.15, 0.2) is 24.3 Å². The van der Waals surface area contributed by atoms with E-state index in [2.05, 4.69) is 5.32 Å². The Morgan fingerprint density at radius 1 is 0.903 bits per heavy atom. The molecular formula is C47H51NO14. The first kappa shape index (κ1) is 43.2. The standard InChI is InChI=1S/C47H51NO14/c1-24-31(60-43(55)36(51)35(27-15-9-7-10-16-27)48-41(53)28-17-11-8-12-18-28)22-47(56)40-38-45(6,39(52)37(58-25(2)49)34(24)44(47,4)5)32(50)21-33-46(38,23-57-33)62-26(3)59-30-20-14-13-19-29(30)42(54)61-40/h7-20,26,31-33,35-38,40,50-51,56H,21-23H2,1-6H3,(H,48,53)/t26?,31?,32-,33+,35?,36?,37+,38?,40+,45+,46-,47+/m0/s1. The van der Waals surface area contributed by atoms with Gasteiger partial charge in [-0.15, -0.1) is 0 Å². The first-order chi connectivity index (χ1) is 29.3. The third kappa shape index (κ3) is 6.72. The molecule has 2 heterocycles. The van der Waals surface area contributed by atoms with Crippen molar-refractivity contribution in [3.63, 3.8) is 0 Å². The van der Waals surface area contributed by atoms with Crippen molar-refractivity contribution in [3.8, 4) is 5.75 Å². The Morgan fingerprint density at radius 2 is 1.55 bits per heavy atom. The van der Waals surface area contributed by atoms with Crippen LogP contribution in [0.1, 0.15) is 86.7 Å². The van der Waals surface area contributed by atoms with Crippen LogP contribution in [-0.2, 0) is 38.1 Å². The summed E-state index contributed by atoms with van der Waals surface area (Å²) in [7, 11) is 0. The summed E-state index contributed by atoms with van der Waals surface area (Å²) in [6.07, 6.45) is -10.9. The van der Waals surface area contributed by atoms with E-state index in [4.69, 9.17) is 28.4 Å². The smallest absolute Gasteiger partial charge is 0.342 e. The molecule has 3 aliphatic carbocycles. The van der Waals surface area contributed by atoms with E-state index in [1.54, 1.807) is 107 Å². The molecule has 3 aromatic carbocycles. The minimum atomic E-state index is -2.30. The third-order valence-corrected chi connectivity index (χ3v) is 13.9. The summed E-state index contributed by atoms with van der Waals surface area (Å²) in [5.74, 6) is -5.56. The average Bonchev–Trinajstić information content (AvgIpc) is 3.24. The normalized spacial score (nSPS) is 34.4. The number of nitrogens with one attached hydrogen (secondary N) is 1. The molecule has 328 valence electrons. The molecular weight excluding hydrogens is 803 g/mol. The number of amides is 1. The molecule has 5 unspecified atom stereocenters. The van der Waals surface area contributed by atoms with Crippen molar-refractivity contribution >= 4 is 29.6 Å². The Morgan fingerprint density at radius 3 is 2.19 bits per heavy atom. The highest BCUT2D eigenvalue weighted by atomic mass is 16.7. The molecule has 5 aliphatic rings. The topological polar surface area (TPSA) is 213 Å². The van der Waals surface area contributed by atoms with Crippen LogP contribution in [0.15, 0.2) is 96.1 Å². The molecule has 12 atom stereocenters. The molecule has 1 saturated heterocycles. The van der Waals surface area contributed by atoms with Crippen molar-refractivity contribution in [2.75, 3.05) is 6.61 Å². The van der Waals surface area contributed by atoms with Crippen molar-refractivity contribution in [3.05, 3.63) is 113 Å². The number of carbonyl (C=O) groups excluding carboxylic acids is 5. The zero-order valence-electron chi connectivity index (χ0n) is 35.2. The minimum absolute atomic E-state index is 0.00990. The van der Waals surface area contributed by atoms with Gasteiger partial charge in [0.25, 0.3) is 5.91 Å². The number of para-hydroxylation sites is 1. The monoisotopic (exact) mass is 853 g/mol. The number of ketones is 1. The molecule has 2 saturated carbocycles. The van der Waals surface area contributed by atoms with Crippen LogP contribution in [-0.4, -0.2) is 106 Å². The number of hydrogen-bond donors (Lipinski definition) is 4. The van der Waals surface area contributed by atoms with E-state index in [1.807, 2.05) is 0 Å². The van der Waals surface area contributed by atoms with Gasteiger partial charge in [-0.05, 0) is 61.7 Å². The third-order valence-electron chi connectivity index (χ3n) is 13.9. The lowest BCUT2D eigenvalue weighted by Gasteiger charge is -2.68. The van der Waals surface area contributed by atoms with Crippen molar-refractivity contribution in [1.82, 2.24) is 5.32 Å². The second-order valence-corrected chi connectivity index (χ2v) is 17.7. The Balaban J connectivity index is 1.28. The number of hydrogen-bond acceptors (Lipinski definition) is 14. The van der Waals surface area contributed by atoms with Crippen LogP contribution in [0.2, 0.25) is 0 Å². The molecule has 1 spiro atoms. The first-order valence-electron chi connectivity index (χ1n) is 20.7. The summed E-state index contributed by atoms with van der Waals surface area (Å²) in [6.45, 7) is 8.86. The number of carbonyl (C=O) groups is 5. The van der Waals surface area contributed by atoms with Gasteiger partial charge in [-0.3, -0.25) is 14.4 Å². The van der Waals surface area contributed by atoms with Gasteiger partial charge in [0.1, 0.15) is 34.7 Å². The van der Waals surface area contributed by atoms with Gasteiger partial charge in [-0.25, -0.2) is 9.59 Å². The summed E-state index contributed by atoms with van der Waals surface area (Å²) >= 11 is 0. The van der Waals surface area contributed by atoms with Crippen LogP contribution in [0.3, 0.4) is 0 Å². The van der Waals surface area contributed by atoms with Gasteiger partial charge in [0.2, 0.25) is 0 Å². The number of Topliss-reactive ketones (excluding diaryl/α,β-unsaturated/α-hetero) is 1. The average molecular weight is 854 g/mol. The lowest BCUT2D eigenvalue weighted by Crippen LogP contribution is -2.82. The lowest BCUT2D eigenvalue weighted by molar-refractivity contribution is -0.378. The van der Waals surface area contributed by atoms with Crippen LogP contribution in [0.4, 0.5) is 0 Å². The van der Waals surface area contributed by atoms with Crippen LogP contribution in [0, 0.1) is 16.7 Å². The van der Waals surface area contributed by atoms with Crippen LogP contribution in [0.5, 0.6) is 5.75 Å². The Kier molecular flexibility index (Phi) is 11.0. The maximum Gasteiger partial charge on any atom is 0.342 e. The molecule has 15 heteroatoms. The van der Waals surface area contributed by atoms with Crippen molar-refractivity contribution < 1.29 is 67.7 Å². The molecule has 3 aromatic rings. The Labute approximate surface area is 358 Å². The first-order valence-corrected chi connectivity index (χ1v) is 20.7. The van der Waals surface area contributed by atoms with Gasteiger partial charge in [0.05, 0.1) is 30.3 Å². The second-order valence-electron chi connectivity index (χ2n) is 17.7. The fourth-order valence-corrected chi connectivity index (χ4v) is 10.6. The maximum atomic E-state index is 15.5. The number of esters is 3. The van der Waals surface area contributed by atoms with E-state index in [-0.39, 0.29) is 41.1 Å². The van der Waals surface area contributed by atoms with Gasteiger partial charge in [-0.1, -0.05) is 74.5 Å². The molecule has 62 heavy (non-hydrogen) atoms.